The summed E-state index contributed by atoms with van der Waals surface area (Å²) in [4.78, 5) is 0. The number of rotatable bonds is 5. The Kier molecular flexibility index (Phi) is 3.82. The van der Waals surface area contributed by atoms with Gasteiger partial charge in [-0.1, -0.05) is 0 Å². The molecule has 96 valence electrons. The Bertz CT molecular complexity index is 525. The standard InChI is InChI=1S/C13H16FN3O/c1-17-11(6-8-16-17)5-7-15-10-3-4-13(18-2)12(14)9-10/h3-4,6,8-9,15H,5,7H2,1-2H3. The average molecular weight is 249 g/mol. The highest BCUT2D eigenvalue weighted by molar-refractivity contribution is 5.47. The number of halogens is 1. The molecule has 0 aliphatic rings. The second kappa shape index (κ2) is 5.53. The van der Waals surface area contributed by atoms with Crippen LogP contribution in [-0.2, 0) is 13.5 Å². The molecule has 5 heteroatoms. The van der Waals surface area contributed by atoms with E-state index in [-0.39, 0.29) is 11.6 Å². The van der Waals surface area contributed by atoms with E-state index >= 15 is 0 Å². The average Bonchev–Trinajstić information content (AvgIpc) is 2.75. The van der Waals surface area contributed by atoms with Crippen molar-refractivity contribution in [1.29, 1.82) is 0 Å². The Labute approximate surface area is 105 Å². The topological polar surface area (TPSA) is 39.1 Å². The molecule has 1 N–H and O–H groups in total. The number of benzene rings is 1. The molecule has 0 amide bonds. The van der Waals surface area contributed by atoms with E-state index in [0.717, 1.165) is 24.3 Å². The van der Waals surface area contributed by atoms with Crippen molar-refractivity contribution < 1.29 is 9.13 Å². The molecular formula is C13H16FN3O. The summed E-state index contributed by atoms with van der Waals surface area (Å²) in [6.45, 7) is 0.727. The van der Waals surface area contributed by atoms with Gasteiger partial charge in [0, 0.05) is 43.7 Å². The number of aromatic nitrogens is 2. The Hall–Kier alpha value is -2.04. The van der Waals surface area contributed by atoms with Crippen molar-refractivity contribution in [3.63, 3.8) is 0 Å². The molecule has 0 spiro atoms. The summed E-state index contributed by atoms with van der Waals surface area (Å²) < 4.78 is 20.1. The zero-order valence-corrected chi connectivity index (χ0v) is 10.5. The maximum atomic E-state index is 13.4. The lowest BCUT2D eigenvalue weighted by atomic mass is 10.2. The normalized spacial score (nSPS) is 10.4. The van der Waals surface area contributed by atoms with Gasteiger partial charge in [0.05, 0.1) is 7.11 Å². The molecule has 1 aromatic carbocycles. The van der Waals surface area contributed by atoms with E-state index in [2.05, 4.69) is 10.4 Å². The first-order valence-electron chi connectivity index (χ1n) is 5.75. The third-order valence-electron chi connectivity index (χ3n) is 2.78. The lowest BCUT2D eigenvalue weighted by Gasteiger charge is -2.08. The number of methoxy groups -OCH3 is 1. The van der Waals surface area contributed by atoms with Crippen molar-refractivity contribution >= 4 is 5.69 Å². The van der Waals surface area contributed by atoms with Crippen LogP contribution in [0.5, 0.6) is 5.75 Å². The van der Waals surface area contributed by atoms with Crippen molar-refractivity contribution in [1.82, 2.24) is 9.78 Å². The second-order valence-corrected chi connectivity index (χ2v) is 3.97. The predicted octanol–water partition coefficient (Wildman–Crippen LogP) is 2.22. The van der Waals surface area contributed by atoms with Crippen molar-refractivity contribution in [2.24, 2.45) is 7.05 Å². The highest BCUT2D eigenvalue weighted by Gasteiger charge is 2.03. The summed E-state index contributed by atoms with van der Waals surface area (Å²) in [5, 5.41) is 7.26. The predicted molar refractivity (Wildman–Crippen MR) is 68.4 cm³/mol. The fraction of sp³-hybridized carbons (Fsp3) is 0.308. The van der Waals surface area contributed by atoms with Crippen LogP contribution in [-0.4, -0.2) is 23.4 Å². The zero-order chi connectivity index (χ0) is 13.0. The van der Waals surface area contributed by atoms with Gasteiger partial charge in [0.15, 0.2) is 11.6 Å². The Morgan fingerprint density at radius 3 is 2.83 bits per heavy atom. The van der Waals surface area contributed by atoms with Gasteiger partial charge >= 0.3 is 0 Å². The summed E-state index contributed by atoms with van der Waals surface area (Å²) in [7, 11) is 3.36. The van der Waals surface area contributed by atoms with Crippen LogP contribution in [0.2, 0.25) is 0 Å². The first kappa shape index (κ1) is 12.4. The van der Waals surface area contributed by atoms with Gasteiger partial charge in [-0.15, -0.1) is 0 Å². The molecule has 0 bridgehead atoms. The minimum absolute atomic E-state index is 0.257. The van der Waals surface area contributed by atoms with Crippen LogP contribution in [0.25, 0.3) is 0 Å². The number of aryl methyl sites for hydroxylation is 1. The molecule has 0 fully saturated rings. The Morgan fingerprint density at radius 2 is 2.22 bits per heavy atom. The molecule has 2 aromatic rings. The first-order valence-corrected chi connectivity index (χ1v) is 5.75. The number of nitrogens with one attached hydrogen (secondary N) is 1. The van der Waals surface area contributed by atoms with E-state index in [1.165, 1.54) is 13.2 Å². The van der Waals surface area contributed by atoms with Crippen molar-refractivity contribution in [3.05, 3.63) is 42.0 Å². The second-order valence-electron chi connectivity index (χ2n) is 3.97. The van der Waals surface area contributed by atoms with Crippen molar-refractivity contribution in [2.75, 3.05) is 19.0 Å². The number of hydrogen-bond donors (Lipinski definition) is 1. The molecule has 1 aromatic heterocycles. The molecule has 2 rings (SSSR count). The fourth-order valence-corrected chi connectivity index (χ4v) is 1.76. The van der Waals surface area contributed by atoms with Gasteiger partial charge in [-0.05, 0) is 18.2 Å². The lowest BCUT2D eigenvalue weighted by molar-refractivity contribution is 0.386. The highest BCUT2D eigenvalue weighted by atomic mass is 19.1. The third-order valence-corrected chi connectivity index (χ3v) is 2.78. The summed E-state index contributed by atoms with van der Waals surface area (Å²) in [6, 6.07) is 6.81. The molecule has 1 heterocycles. The fourth-order valence-electron chi connectivity index (χ4n) is 1.76. The van der Waals surface area contributed by atoms with Gasteiger partial charge in [-0.3, -0.25) is 4.68 Å². The number of hydrogen-bond acceptors (Lipinski definition) is 3. The summed E-state index contributed by atoms with van der Waals surface area (Å²) in [5.41, 5.74) is 1.88. The van der Waals surface area contributed by atoms with Crippen LogP contribution < -0.4 is 10.1 Å². The van der Waals surface area contributed by atoms with E-state index in [1.807, 2.05) is 17.8 Å². The van der Waals surface area contributed by atoms with Crippen LogP contribution in [0.15, 0.2) is 30.5 Å². The molecule has 4 nitrogen and oxygen atoms in total. The molecule has 0 saturated carbocycles. The summed E-state index contributed by atoms with van der Waals surface area (Å²) in [6.07, 6.45) is 2.60. The summed E-state index contributed by atoms with van der Waals surface area (Å²) >= 11 is 0. The molecule has 0 aliphatic heterocycles. The van der Waals surface area contributed by atoms with Gasteiger partial charge in [-0.25, -0.2) is 4.39 Å². The zero-order valence-electron chi connectivity index (χ0n) is 10.5. The molecule has 0 radical (unpaired) electrons. The van der Waals surface area contributed by atoms with E-state index in [9.17, 15) is 4.39 Å². The smallest absolute Gasteiger partial charge is 0.167 e. The Balaban J connectivity index is 1.91. The maximum absolute atomic E-state index is 13.4. The van der Waals surface area contributed by atoms with Gasteiger partial charge in [0.25, 0.3) is 0 Å². The molecule has 0 aliphatic carbocycles. The summed E-state index contributed by atoms with van der Waals surface area (Å²) in [5.74, 6) is -0.102. The number of ether oxygens (including phenoxy) is 1. The van der Waals surface area contributed by atoms with Gasteiger partial charge in [0.2, 0.25) is 0 Å². The van der Waals surface area contributed by atoms with Gasteiger partial charge in [0.1, 0.15) is 0 Å². The highest BCUT2D eigenvalue weighted by Crippen LogP contribution is 2.20. The third kappa shape index (κ3) is 2.80. The van der Waals surface area contributed by atoms with E-state index in [0.29, 0.717) is 0 Å². The van der Waals surface area contributed by atoms with Crippen molar-refractivity contribution in [3.8, 4) is 5.75 Å². The minimum atomic E-state index is -0.358. The SMILES string of the molecule is COc1ccc(NCCc2ccnn2C)cc1F. The molecule has 0 unspecified atom stereocenters. The van der Waals surface area contributed by atoms with E-state index in [1.54, 1.807) is 18.3 Å². The first-order chi connectivity index (χ1) is 8.70. The largest absolute Gasteiger partial charge is 0.494 e. The van der Waals surface area contributed by atoms with Crippen LogP contribution in [0.3, 0.4) is 0 Å². The molecular weight excluding hydrogens is 233 g/mol. The van der Waals surface area contributed by atoms with E-state index < -0.39 is 0 Å². The van der Waals surface area contributed by atoms with Crippen LogP contribution in [0.1, 0.15) is 5.69 Å². The molecule has 0 saturated heterocycles. The van der Waals surface area contributed by atoms with Gasteiger partial charge in [-0.2, -0.15) is 5.10 Å². The maximum Gasteiger partial charge on any atom is 0.167 e. The Morgan fingerprint density at radius 1 is 1.39 bits per heavy atom. The lowest BCUT2D eigenvalue weighted by Crippen LogP contribution is -2.08. The van der Waals surface area contributed by atoms with Gasteiger partial charge < -0.3 is 10.1 Å². The monoisotopic (exact) mass is 249 g/mol. The van der Waals surface area contributed by atoms with Crippen molar-refractivity contribution in [2.45, 2.75) is 6.42 Å². The number of anilines is 1. The van der Waals surface area contributed by atoms with Crippen LogP contribution >= 0.6 is 0 Å². The minimum Gasteiger partial charge on any atom is -0.494 e. The molecule has 0 atom stereocenters. The van der Waals surface area contributed by atoms with Crippen LogP contribution in [0.4, 0.5) is 10.1 Å². The van der Waals surface area contributed by atoms with Crippen LogP contribution in [0, 0.1) is 5.82 Å². The molecule has 18 heavy (non-hydrogen) atoms. The quantitative estimate of drug-likeness (QED) is 0.883. The number of nitrogens with zero attached hydrogens (tertiary/aromatic N) is 2. The van der Waals surface area contributed by atoms with E-state index in [4.69, 9.17) is 4.74 Å².